The average Bonchev–Trinajstić information content (AvgIpc) is 2.73. The highest BCUT2D eigenvalue weighted by Gasteiger charge is 2.23. The van der Waals surface area contributed by atoms with Crippen LogP contribution in [0.4, 0.5) is 0 Å². The summed E-state index contributed by atoms with van der Waals surface area (Å²) in [5.74, 6) is 2.04. The summed E-state index contributed by atoms with van der Waals surface area (Å²) in [5, 5.41) is 4.29. The molecule has 19 heavy (non-hydrogen) atoms. The molecule has 1 aliphatic heterocycles. The lowest BCUT2D eigenvalue weighted by molar-refractivity contribution is 0.354. The van der Waals surface area contributed by atoms with Crippen molar-refractivity contribution in [3.8, 4) is 22.9 Å². The third kappa shape index (κ3) is 1.63. The Morgan fingerprint density at radius 3 is 2.58 bits per heavy atom. The molecule has 0 spiro atoms. The predicted molar refractivity (Wildman–Crippen MR) is 69.7 cm³/mol. The van der Waals surface area contributed by atoms with E-state index in [9.17, 15) is 4.79 Å². The number of aryl methyl sites for hydroxylation is 2. The molecular formula is C13H15N3O3. The molecule has 1 aromatic carbocycles. The molecule has 6 heteroatoms. The van der Waals surface area contributed by atoms with Gasteiger partial charge in [-0.1, -0.05) is 0 Å². The molecule has 1 aliphatic rings. The SMILES string of the molecule is COc1cc2c(cc1OC)-c1nn(C)c(=O)n1CC2. The first kappa shape index (κ1) is 11.8. The first-order valence-electron chi connectivity index (χ1n) is 6.04. The highest BCUT2D eigenvalue weighted by Crippen LogP contribution is 2.36. The van der Waals surface area contributed by atoms with Gasteiger partial charge in [0.2, 0.25) is 0 Å². The van der Waals surface area contributed by atoms with Crippen LogP contribution in [-0.4, -0.2) is 28.6 Å². The summed E-state index contributed by atoms with van der Waals surface area (Å²) in [6, 6.07) is 3.84. The normalized spacial score (nSPS) is 12.8. The number of hydrogen-bond acceptors (Lipinski definition) is 4. The van der Waals surface area contributed by atoms with Gasteiger partial charge in [0.25, 0.3) is 0 Å². The Kier molecular flexibility index (Phi) is 2.58. The molecule has 0 bridgehead atoms. The lowest BCUT2D eigenvalue weighted by atomic mass is 10.00. The van der Waals surface area contributed by atoms with Gasteiger partial charge < -0.3 is 9.47 Å². The number of hydrogen-bond donors (Lipinski definition) is 0. The molecule has 0 atom stereocenters. The van der Waals surface area contributed by atoms with Crippen LogP contribution in [0, 0.1) is 0 Å². The van der Waals surface area contributed by atoms with Crippen molar-refractivity contribution in [1.29, 1.82) is 0 Å². The second kappa shape index (κ2) is 4.15. The van der Waals surface area contributed by atoms with E-state index < -0.39 is 0 Å². The summed E-state index contributed by atoms with van der Waals surface area (Å²) in [7, 11) is 4.87. The van der Waals surface area contributed by atoms with Gasteiger partial charge in [-0.25, -0.2) is 9.48 Å². The zero-order valence-electron chi connectivity index (χ0n) is 11.1. The van der Waals surface area contributed by atoms with E-state index in [1.165, 1.54) is 4.68 Å². The largest absolute Gasteiger partial charge is 0.493 e. The topological polar surface area (TPSA) is 58.3 Å². The molecule has 6 nitrogen and oxygen atoms in total. The van der Waals surface area contributed by atoms with Gasteiger partial charge in [-0.05, 0) is 24.1 Å². The van der Waals surface area contributed by atoms with E-state index >= 15 is 0 Å². The van der Waals surface area contributed by atoms with Gasteiger partial charge in [0.1, 0.15) is 0 Å². The first-order valence-corrected chi connectivity index (χ1v) is 6.04. The monoisotopic (exact) mass is 261 g/mol. The highest BCUT2D eigenvalue weighted by atomic mass is 16.5. The van der Waals surface area contributed by atoms with E-state index in [-0.39, 0.29) is 5.69 Å². The van der Waals surface area contributed by atoms with Crippen LogP contribution in [0.1, 0.15) is 5.56 Å². The Bertz CT molecular complexity index is 700. The molecule has 100 valence electrons. The molecule has 1 aromatic heterocycles. The average molecular weight is 261 g/mol. The van der Waals surface area contributed by atoms with Crippen LogP contribution in [0.2, 0.25) is 0 Å². The first-order chi connectivity index (χ1) is 9.15. The minimum absolute atomic E-state index is 0.0876. The fourth-order valence-electron chi connectivity index (χ4n) is 2.47. The van der Waals surface area contributed by atoms with Crippen LogP contribution in [0.15, 0.2) is 16.9 Å². The molecule has 3 rings (SSSR count). The molecule has 0 saturated carbocycles. The number of rotatable bonds is 2. The predicted octanol–water partition coefficient (Wildman–Crippen LogP) is 0.822. The molecule has 0 saturated heterocycles. The summed E-state index contributed by atoms with van der Waals surface area (Å²) in [4.78, 5) is 11.9. The maximum absolute atomic E-state index is 11.9. The van der Waals surface area contributed by atoms with Gasteiger partial charge in [-0.3, -0.25) is 4.57 Å². The summed E-state index contributed by atoms with van der Waals surface area (Å²) in [6.45, 7) is 0.643. The van der Waals surface area contributed by atoms with Gasteiger partial charge in [-0.2, -0.15) is 0 Å². The molecule has 0 radical (unpaired) electrons. The second-order valence-electron chi connectivity index (χ2n) is 4.50. The van der Waals surface area contributed by atoms with Crippen LogP contribution < -0.4 is 15.2 Å². The van der Waals surface area contributed by atoms with Gasteiger partial charge in [0, 0.05) is 19.2 Å². The number of aromatic nitrogens is 3. The molecule has 0 amide bonds. The van der Waals surface area contributed by atoms with Gasteiger partial charge >= 0.3 is 5.69 Å². The van der Waals surface area contributed by atoms with E-state index in [0.717, 1.165) is 17.5 Å². The van der Waals surface area contributed by atoms with Crippen molar-refractivity contribution in [2.45, 2.75) is 13.0 Å². The quantitative estimate of drug-likeness (QED) is 0.803. The van der Waals surface area contributed by atoms with E-state index in [4.69, 9.17) is 9.47 Å². The molecule has 0 N–H and O–H groups in total. The number of methoxy groups -OCH3 is 2. The third-order valence-electron chi connectivity index (χ3n) is 3.46. The number of benzene rings is 1. The summed E-state index contributed by atoms with van der Waals surface area (Å²) >= 11 is 0. The molecule has 0 unspecified atom stereocenters. The van der Waals surface area contributed by atoms with Crippen LogP contribution in [0.25, 0.3) is 11.4 Å². The van der Waals surface area contributed by atoms with Crippen molar-refractivity contribution in [3.05, 3.63) is 28.2 Å². The zero-order chi connectivity index (χ0) is 13.6. The Morgan fingerprint density at radius 2 is 1.89 bits per heavy atom. The van der Waals surface area contributed by atoms with Crippen LogP contribution >= 0.6 is 0 Å². The van der Waals surface area contributed by atoms with Crippen molar-refractivity contribution < 1.29 is 9.47 Å². The van der Waals surface area contributed by atoms with E-state index in [1.807, 2.05) is 12.1 Å². The summed E-state index contributed by atoms with van der Waals surface area (Å²) < 4.78 is 13.7. The maximum Gasteiger partial charge on any atom is 0.345 e. The number of fused-ring (bicyclic) bond motifs is 3. The van der Waals surface area contributed by atoms with E-state index in [1.54, 1.807) is 25.8 Å². The maximum atomic E-state index is 11.9. The molecule has 0 aliphatic carbocycles. The van der Waals surface area contributed by atoms with Gasteiger partial charge in [0.05, 0.1) is 14.2 Å². The molecule has 0 fully saturated rings. The summed E-state index contributed by atoms with van der Waals surface area (Å²) in [6.07, 6.45) is 0.786. The van der Waals surface area contributed by atoms with Crippen molar-refractivity contribution in [3.63, 3.8) is 0 Å². The summed E-state index contributed by atoms with van der Waals surface area (Å²) in [5.41, 5.74) is 1.97. The second-order valence-corrected chi connectivity index (χ2v) is 4.50. The molecule has 2 heterocycles. The minimum atomic E-state index is -0.0876. The van der Waals surface area contributed by atoms with Crippen LogP contribution in [-0.2, 0) is 20.0 Å². The van der Waals surface area contributed by atoms with Crippen molar-refractivity contribution in [1.82, 2.24) is 14.3 Å². The standard InChI is InChI=1S/C13H15N3O3/c1-15-13(17)16-5-4-8-6-10(18-2)11(19-3)7-9(8)12(16)14-15/h6-7H,4-5H2,1-3H3. The fourth-order valence-corrected chi connectivity index (χ4v) is 2.47. The Labute approximate surface area is 110 Å². The Balaban J connectivity index is 2.26. The lowest BCUT2D eigenvalue weighted by Crippen LogP contribution is -2.25. The number of nitrogens with zero attached hydrogens (tertiary/aromatic N) is 3. The smallest absolute Gasteiger partial charge is 0.345 e. The zero-order valence-corrected chi connectivity index (χ0v) is 11.1. The minimum Gasteiger partial charge on any atom is -0.493 e. The molecular weight excluding hydrogens is 246 g/mol. The highest BCUT2D eigenvalue weighted by molar-refractivity contribution is 5.67. The van der Waals surface area contributed by atoms with Crippen LogP contribution in [0.3, 0.4) is 0 Å². The number of ether oxygens (including phenoxy) is 2. The van der Waals surface area contributed by atoms with E-state index in [0.29, 0.717) is 23.9 Å². The molecule has 2 aromatic rings. The van der Waals surface area contributed by atoms with Gasteiger partial charge in [0.15, 0.2) is 17.3 Å². The fraction of sp³-hybridized carbons (Fsp3) is 0.385. The van der Waals surface area contributed by atoms with Crippen LogP contribution in [0.5, 0.6) is 11.5 Å². The lowest BCUT2D eigenvalue weighted by Gasteiger charge is -2.19. The Morgan fingerprint density at radius 1 is 1.21 bits per heavy atom. The van der Waals surface area contributed by atoms with E-state index in [2.05, 4.69) is 5.10 Å². The Hall–Kier alpha value is -2.24. The van der Waals surface area contributed by atoms with Crippen molar-refractivity contribution in [2.75, 3.05) is 14.2 Å². The third-order valence-corrected chi connectivity index (χ3v) is 3.46. The van der Waals surface area contributed by atoms with Crippen molar-refractivity contribution >= 4 is 0 Å². The van der Waals surface area contributed by atoms with Gasteiger partial charge in [-0.15, -0.1) is 5.10 Å². The van der Waals surface area contributed by atoms with Crippen molar-refractivity contribution in [2.24, 2.45) is 7.05 Å².